The molecule has 7 nitrogen and oxygen atoms in total. The van der Waals surface area contributed by atoms with E-state index in [1.54, 1.807) is 31.4 Å². The van der Waals surface area contributed by atoms with Gasteiger partial charge in [-0.05, 0) is 23.3 Å². The Labute approximate surface area is 198 Å². The molecule has 0 aromatic heterocycles. The molecular formula is C24H29F2N3O4Si. The molecular weight excluding hydrogens is 460 g/mol. The summed E-state index contributed by atoms with van der Waals surface area (Å²) in [5.74, 6) is -3.40. The van der Waals surface area contributed by atoms with Gasteiger partial charge in [-0.15, -0.1) is 0 Å². The average Bonchev–Trinajstić information content (AvgIpc) is 3.17. The molecule has 2 atom stereocenters. The highest BCUT2D eigenvalue weighted by Gasteiger charge is 2.32. The van der Waals surface area contributed by atoms with Gasteiger partial charge in [-0.3, -0.25) is 14.4 Å². The van der Waals surface area contributed by atoms with Crippen molar-refractivity contribution in [2.45, 2.75) is 38.7 Å². The predicted octanol–water partition coefficient (Wildman–Crippen LogP) is 2.59. The van der Waals surface area contributed by atoms with Crippen LogP contribution in [-0.4, -0.2) is 39.4 Å². The Morgan fingerprint density at radius 3 is 2.26 bits per heavy atom. The van der Waals surface area contributed by atoms with E-state index in [0.717, 1.165) is 17.7 Å². The molecule has 182 valence electrons. The minimum absolute atomic E-state index is 0.0293. The minimum Gasteiger partial charge on any atom is -0.380 e. The number of hydrogen-bond donors (Lipinski definition) is 3. The lowest BCUT2D eigenvalue weighted by molar-refractivity contribution is -0.129. The second-order valence-corrected chi connectivity index (χ2v) is 14.4. The summed E-state index contributed by atoms with van der Waals surface area (Å²) in [4.78, 5) is 37.4. The zero-order chi connectivity index (χ0) is 25.0. The smallest absolute Gasteiger partial charge is 0.251 e. The van der Waals surface area contributed by atoms with Gasteiger partial charge in [0.05, 0.1) is 20.6 Å². The maximum absolute atomic E-state index is 14.7. The lowest BCUT2D eigenvalue weighted by atomic mass is 10.0. The highest BCUT2D eigenvalue weighted by molar-refractivity contribution is 6.88. The van der Waals surface area contributed by atoms with E-state index < -0.39 is 43.5 Å². The normalized spacial score (nSPS) is 16.6. The van der Waals surface area contributed by atoms with Crippen LogP contribution in [0, 0.1) is 17.6 Å². The number of carbonyl (C=O) groups is 3. The van der Waals surface area contributed by atoms with E-state index in [-0.39, 0.29) is 29.7 Å². The van der Waals surface area contributed by atoms with Gasteiger partial charge >= 0.3 is 0 Å². The number of nitrogens with one attached hydrogen (secondary N) is 3. The molecule has 1 saturated heterocycles. The summed E-state index contributed by atoms with van der Waals surface area (Å²) in [5, 5.41) is 7.84. The fourth-order valence-electron chi connectivity index (χ4n) is 3.90. The van der Waals surface area contributed by atoms with Crippen molar-refractivity contribution < 1.29 is 27.9 Å². The molecule has 2 aromatic rings. The third-order valence-electron chi connectivity index (χ3n) is 5.58. The van der Waals surface area contributed by atoms with Crippen molar-refractivity contribution in [1.29, 1.82) is 0 Å². The van der Waals surface area contributed by atoms with Crippen molar-refractivity contribution in [3.63, 3.8) is 0 Å². The molecule has 1 heterocycles. The number of rotatable bonds is 8. The average molecular weight is 490 g/mol. The van der Waals surface area contributed by atoms with Gasteiger partial charge in [0.2, 0.25) is 11.8 Å². The van der Waals surface area contributed by atoms with Crippen molar-refractivity contribution >= 4 is 36.7 Å². The summed E-state index contributed by atoms with van der Waals surface area (Å²) in [7, 11) is -0.716. The van der Waals surface area contributed by atoms with Gasteiger partial charge in [-0.2, -0.15) is 0 Å². The second-order valence-electron chi connectivity index (χ2n) is 9.38. The van der Waals surface area contributed by atoms with E-state index in [0.29, 0.717) is 12.2 Å². The molecule has 3 N–H and O–H groups in total. The standard InChI is InChI=1S/C24H29F2N3O4Si/c1-33-13-14-5-7-15(8-6-14)21(29-23(31)16-9-20(30)27-12-16)24(32)28-17-10-18(25)22(19(26)11-17)34(2,3)4/h5-8,10-11,16,21H,9,12-13H2,1-4H3,(H,27,30)(H,28,32)(H,29,31)/t16-,21?/m1/s1. The zero-order valence-electron chi connectivity index (χ0n) is 19.6. The first-order valence-electron chi connectivity index (χ1n) is 10.9. The van der Waals surface area contributed by atoms with Gasteiger partial charge in [0.15, 0.2) is 0 Å². The van der Waals surface area contributed by atoms with Crippen LogP contribution in [0.2, 0.25) is 19.6 Å². The van der Waals surface area contributed by atoms with Crippen molar-refractivity contribution in [2.24, 2.45) is 5.92 Å². The van der Waals surface area contributed by atoms with Crippen LogP contribution in [-0.2, 0) is 25.7 Å². The molecule has 2 aromatic carbocycles. The van der Waals surface area contributed by atoms with Crippen LogP contribution in [0.5, 0.6) is 0 Å². The van der Waals surface area contributed by atoms with Gasteiger partial charge < -0.3 is 20.7 Å². The topological polar surface area (TPSA) is 96.5 Å². The lowest BCUT2D eigenvalue weighted by Gasteiger charge is -2.22. The molecule has 0 aliphatic carbocycles. The number of halogens is 2. The van der Waals surface area contributed by atoms with Crippen LogP contribution >= 0.6 is 0 Å². The predicted molar refractivity (Wildman–Crippen MR) is 127 cm³/mol. The SMILES string of the molecule is COCc1ccc(C(NC(=O)[C@H]2CNC(=O)C2)C(=O)Nc2cc(F)c([Si](C)(C)C)c(F)c2)cc1. The molecule has 1 fully saturated rings. The molecule has 10 heteroatoms. The number of carbonyl (C=O) groups excluding carboxylic acids is 3. The monoisotopic (exact) mass is 489 g/mol. The van der Waals surface area contributed by atoms with Crippen molar-refractivity contribution in [3.05, 3.63) is 59.2 Å². The van der Waals surface area contributed by atoms with Crippen LogP contribution in [0.1, 0.15) is 23.6 Å². The highest BCUT2D eigenvalue weighted by Crippen LogP contribution is 2.21. The Balaban J connectivity index is 1.87. The molecule has 0 radical (unpaired) electrons. The highest BCUT2D eigenvalue weighted by atomic mass is 28.3. The summed E-state index contributed by atoms with van der Waals surface area (Å²) in [6.45, 7) is 6.04. The molecule has 0 bridgehead atoms. The lowest BCUT2D eigenvalue weighted by Crippen LogP contribution is -2.43. The maximum atomic E-state index is 14.7. The van der Waals surface area contributed by atoms with E-state index in [2.05, 4.69) is 16.0 Å². The molecule has 1 unspecified atom stereocenters. The Morgan fingerprint density at radius 1 is 1.15 bits per heavy atom. The first-order valence-corrected chi connectivity index (χ1v) is 14.4. The molecule has 3 rings (SSSR count). The van der Waals surface area contributed by atoms with Gasteiger partial charge in [0, 0.05) is 30.9 Å². The fraction of sp³-hybridized carbons (Fsp3) is 0.375. The quantitative estimate of drug-likeness (QED) is 0.497. The van der Waals surface area contributed by atoms with E-state index in [4.69, 9.17) is 4.74 Å². The molecule has 1 aliphatic rings. The molecule has 34 heavy (non-hydrogen) atoms. The number of ether oxygens (including phenoxy) is 1. The van der Waals surface area contributed by atoms with E-state index in [1.165, 1.54) is 0 Å². The number of amides is 3. The summed E-state index contributed by atoms with van der Waals surface area (Å²) in [6, 6.07) is 7.91. The van der Waals surface area contributed by atoms with Crippen LogP contribution in [0.15, 0.2) is 36.4 Å². The van der Waals surface area contributed by atoms with Crippen LogP contribution in [0.25, 0.3) is 0 Å². The first-order chi connectivity index (χ1) is 16.0. The number of anilines is 1. The van der Waals surface area contributed by atoms with Crippen molar-refractivity contribution in [2.75, 3.05) is 19.0 Å². The van der Waals surface area contributed by atoms with Gasteiger partial charge in [0.1, 0.15) is 17.7 Å². The summed E-state index contributed by atoms with van der Waals surface area (Å²) in [5.41, 5.74) is 1.30. The van der Waals surface area contributed by atoms with Crippen LogP contribution < -0.4 is 21.1 Å². The van der Waals surface area contributed by atoms with Crippen molar-refractivity contribution in [1.82, 2.24) is 10.6 Å². The zero-order valence-corrected chi connectivity index (χ0v) is 20.6. The second kappa shape index (κ2) is 10.4. The van der Waals surface area contributed by atoms with Crippen LogP contribution in [0.4, 0.5) is 14.5 Å². The molecule has 0 spiro atoms. The molecule has 1 aliphatic heterocycles. The fourth-order valence-corrected chi connectivity index (χ4v) is 5.48. The van der Waals surface area contributed by atoms with Crippen molar-refractivity contribution in [3.8, 4) is 0 Å². The van der Waals surface area contributed by atoms with E-state index in [9.17, 15) is 23.2 Å². The maximum Gasteiger partial charge on any atom is 0.251 e. The van der Waals surface area contributed by atoms with Gasteiger partial charge in [0.25, 0.3) is 5.91 Å². The summed E-state index contributed by atoms with van der Waals surface area (Å²) in [6.07, 6.45) is 0.0293. The summed E-state index contributed by atoms with van der Waals surface area (Å²) >= 11 is 0. The van der Waals surface area contributed by atoms with Gasteiger partial charge in [-0.1, -0.05) is 43.9 Å². The third kappa shape index (κ3) is 6.06. The Kier molecular flexibility index (Phi) is 7.83. The Bertz CT molecular complexity index is 1060. The Morgan fingerprint density at radius 2 is 1.76 bits per heavy atom. The number of benzene rings is 2. The van der Waals surface area contributed by atoms with E-state index in [1.807, 2.05) is 19.6 Å². The minimum atomic E-state index is -2.28. The number of hydrogen-bond acceptors (Lipinski definition) is 4. The van der Waals surface area contributed by atoms with Gasteiger partial charge in [-0.25, -0.2) is 8.78 Å². The van der Waals surface area contributed by atoms with Crippen LogP contribution in [0.3, 0.4) is 0 Å². The number of methoxy groups -OCH3 is 1. The summed E-state index contributed by atoms with van der Waals surface area (Å²) < 4.78 is 34.4. The molecule has 0 saturated carbocycles. The largest absolute Gasteiger partial charge is 0.380 e. The molecule has 3 amide bonds. The first kappa shape index (κ1) is 25.5. The Hall–Kier alpha value is -3.11. The van der Waals surface area contributed by atoms with E-state index >= 15 is 0 Å². The third-order valence-corrected chi connectivity index (χ3v) is 7.56.